The van der Waals surface area contributed by atoms with E-state index in [0.29, 0.717) is 29.4 Å². The van der Waals surface area contributed by atoms with E-state index in [0.717, 1.165) is 42.1 Å². The van der Waals surface area contributed by atoms with Crippen molar-refractivity contribution in [2.75, 3.05) is 19.8 Å². The summed E-state index contributed by atoms with van der Waals surface area (Å²) in [5.74, 6) is 0. The van der Waals surface area contributed by atoms with Crippen LogP contribution in [0.15, 0.2) is 12.5 Å². The zero-order valence-electron chi connectivity index (χ0n) is 18.4. The van der Waals surface area contributed by atoms with Crippen molar-refractivity contribution in [2.45, 2.75) is 82.1 Å². The average molecular weight is 596 g/mol. The molecule has 0 N–H and O–H groups in total. The van der Waals surface area contributed by atoms with Crippen molar-refractivity contribution in [1.82, 2.24) is 14.5 Å². The highest BCUT2D eigenvalue weighted by Gasteiger charge is 2.57. The minimum atomic E-state index is -1.88. The first-order valence-electron chi connectivity index (χ1n) is 11.5. The van der Waals surface area contributed by atoms with Gasteiger partial charge in [-0.05, 0) is 68.0 Å². The summed E-state index contributed by atoms with van der Waals surface area (Å²) in [5, 5.41) is 0.988. The monoisotopic (exact) mass is 595 g/mol. The molecule has 3 saturated heterocycles. The Morgan fingerprint density at radius 1 is 1.18 bits per heavy atom. The number of fused-ring (bicyclic) bond motifs is 1. The van der Waals surface area contributed by atoms with E-state index in [1.807, 2.05) is 0 Å². The molecule has 2 unspecified atom stereocenters. The fourth-order valence-corrected chi connectivity index (χ4v) is 5.96. The average Bonchev–Trinajstić information content (AvgIpc) is 3.28. The Hall–Kier alpha value is -0.630. The first-order chi connectivity index (χ1) is 15.9. The van der Waals surface area contributed by atoms with Crippen LogP contribution in [0.2, 0.25) is 5.15 Å². The molecule has 0 aromatic carbocycles. The van der Waals surface area contributed by atoms with Crippen molar-refractivity contribution in [3.63, 3.8) is 0 Å². The molecule has 2 aromatic rings. The lowest BCUT2D eigenvalue weighted by Gasteiger charge is -2.33. The van der Waals surface area contributed by atoms with Gasteiger partial charge in [0.05, 0.1) is 12.0 Å². The van der Waals surface area contributed by atoms with Crippen LogP contribution in [0.1, 0.15) is 51.7 Å². The molecule has 0 radical (unpaired) electrons. The third-order valence-electron chi connectivity index (χ3n) is 6.47. The number of hydrogen-bond donors (Lipinski definition) is 0. The first-order valence-corrected chi connectivity index (χ1v) is 12.9. The predicted octanol–water partition coefficient (Wildman–Crippen LogP) is 4.77. The third-order valence-corrected chi connectivity index (χ3v) is 7.58. The van der Waals surface area contributed by atoms with E-state index in [1.54, 1.807) is 10.8 Å². The largest absolute Gasteiger partial charge is 0.353 e. The molecule has 6 atom stereocenters. The lowest BCUT2D eigenvalue weighted by Crippen LogP contribution is -2.46. The minimum Gasteiger partial charge on any atom is -0.353 e. The van der Waals surface area contributed by atoms with Crippen molar-refractivity contribution in [3.8, 4) is 0 Å². The van der Waals surface area contributed by atoms with Gasteiger partial charge in [0, 0.05) is 23.0 Å². The maximum absolute atomic E-state index is 16.5. The molecular weight excluding hydrogens is 568 g/mol. The molecule has 0 saturated carbocycles. The van der Waals surface area contributed by atoms with Gasteiger partial charge in [0.15, 0.2) is 24.5 Å². The Balaban J connectivity index is 1.43. The van der Waals surface area contributed by atoms with E-state index in [1.165, 1.54) is 13.3 Å². The van der Waals surface area contributed by atoms with Gasteiger partial charge in [-0.1, -0.05) is 11.6 Å². The summed E-state index contributed by atoms with van der Waals surface area (Å²) in [6.45, 7) is 2.94. The molecule has 2 aromatic heterocycles. The number of nitrogens with zero attached hydrogens (tertiary/aromatic N) is 3. The van der Waals surface area contributed by atoms with E-state index in [9.17, 15) is 0 Å². The summed E-state index contributed by atoms with van der Waals surface area (Å²) < 4.78 is 48.9. The smallest absolute Gasteiger partial charge is 0.181 e. The fraction of sp³-hybridized carbons (Fsp3) is 0.727. The van der Waals surface area contributed by atoms with Gasteiger partial charge in [-0.3, -0.25) is 0 Å². The van der Waals surface area contributed by atoms with Gasteiger partial charge in [-0.25, -0.2) is 14.4 Å². The van der Waals surface area contributed by atoms with Gasteiger partial charge in [0.25, 0.3) is 0 Å². The van der Waals surface area contributed by atoms with E-state index in [4.69, 9.17) is 35.3 Å². The predicted molar refractivity (Wildman–Crippen MR) is 127 cm³/mol. The Labute approximate surface area is 210 Å². The van der Waals surface area contributed by atoms with E-state index >= 15 is 4.39 Å². The van der Waals surface area contributed by atoms with Gasteiger partial charge in [0.2, 0.25) is 0 Å². The van der Waals surface area contributed by atoms with Crippen LogP contribution < -0.4 is 0 Å². The van der Waals surface area contributed by atoms with Crippen LogP contribution in [0.5, 0.6) is 0 Å². The summed E-state index contributed by atoms with van der Waals surface area (Å²) in [7, 11) is 0. The standard InChI is InChI=1S/C22H28ClFIN3O5/c1-22(24)18(33-16-7-3-5-9-30-16)14(11-31-15-6-2-4-8-29-15)32-21(22)28-10-13(25)17-19(23)26-12-27-20(17)28/h10,12,14-16,18,21H,2-9,11H2,1H3/t14-,15?,16?,18-,21-,22+/m1/s1. The zero-order chi connectivity index (χ0) is 23.0. The summed E-state index contributed by atoms with van der Waals surface area (Å²) >= 11 is 8.44. The van der Waals surface area contributed by atoms with E-state index in [-0.39, 0.29) is 12.9 Å². The van der Waals surface area contributed by atoms with Gasteiger partial charge in [-0.15, -0.1) is 0 Å². The van der Waals surface area contributed by atoms with Gasteiger partial charge >= 0.3 is 0 Å². The van der Waals surface area contributed by atoms with E-state index in [2.05, 4.69) is 32.6 Å². The maximum Gasteiger partial charge on any atom is 0.181 e. The lowest BCUT2D eigenvalue weighted by molar-refractivity contribution is -0.226. The molecule has 0 bridgehead atoms. The fourth-order valence-electron chi connectivity index (χ4n) is 4.77. The van der Waals surface area contributed by atoms with Crippen molar-refractivity contribution in [3.05, 3.63) is 21.2 Å². The molecule has 182 valence electrons. The zero-order valence-corrected chi connectivity index (χ0v) is 21.3. The van der Waals surface area contributed by atoms with Crippen molar-refractivity contribution in [1.29, 1.82) is 0 Å². The van der Waals surface area contributed by atoms with Crippen molar-refractivity contribution in [2.24, 2.45) is 0 Å². The molecule has 3 aliphatic rings. The Morgan fingerprint density at radius 2 is 1.91 bits per heavy atom. The number of hydrogen-bond acceptors (Lipinski definition) is 7. The molecule has 0 amide bonds. The first kappa shape index (κ1) is 24.1. The molecule has 0 aliphatic carbocycles. The summed E-state index contributed by atoms with van der Waals surface area (Å²) in [6.07, 6.45) is 5.45. The van der Waals surface area contributed by atoms with Crippen LogP contribution >= 0.6 is 34.2 Å². The van der Waals surface area contributed by atoms with Crippen LogP contribution in [-0.4, -0.2) is 64.8 Å². The highest BCUT2D eigenvalue weighted by Crippen LogP contribution is 2.46. The molecular formula is C22H28ClFIN3O5. The third kappa shape index (κ3) is 4.89. The topological polar surface area (TPSA) is 76.9 Å². The van der Waals surface area contributed by atoms with Crippen LogP contribution in [0.3, 0.4) is 0 Å². The van der Waals surface area contributed by atoms with Gasteiger partial charge in [-0.2, -0.15) is 0 Å². The molecule has 3 fully saturated rings. The lowest BCUT2D eigenvalue weighted by atomic mass is 9.98. The number of halogens is 3. The molecule has 3 aliphatic heterocycles. The normalized spacial score (nSPS) is 35.3. The second-order valence-corrected chi connectivity index (χ2v) is 10.4. The van der Waals surface area contributed by atoms with Gasteiger partial charge < -0.3 is 28.3 Å². The highest BCUT2D eigenvalue weighted by molar-refractivity contribution is 14.1. The van der Waals surface area contributed by atoms with Crippen LogP contribution in [0.25, 0.3) is 11.0 Å². The molecule has 5 heterocycles. The van der Waals surface area contributed by atoms with Crippen molar-refractivity contribution >= 4 is 45.2 Å². The van der Waals surface area contributed by atoms with Crippen LogP contribution in [0, 0.1) is 3.57 Å². The van der Waals surface area contributed by atoms with Crippen molar-refractivity contribution < 1.29 is 28.1 Å². The maximum atomic E-state index is 16.5. The Morgan fingerprint density at radius 3 is 2.61 bits per heavy atom. The summed E-state index contributed by atoms with van der Waals surface area (Å²) in [5.41, 5.74) is -1.37. The second-order valence-electron chi connectivity index (χ2n) is 8.91. The number of ether oxygens (including phenoxy) is 5. The Bertz CT molecular complexity index is 967. The summed E-state index contributed by atoms with van der Waals surface area (Å²) in [4.78, 5) is 8.42. The SMILES string of the molecule is C[C@]1(F)[C@H](OC2CCCCO2)[C@@H](COC2CCCCO2)O[C@H]1n1cc(I)c2c(Cl)ncnc21. The van der Waals surface area contributed by atoms with E-state index < -0.39 is 30.4 Å². The second kappa shape index (κ2) is 10.2. The highest BCUT2D eigenvalue weighted by atomic mass is 127. The van der Waals surface area contributed by atoms with Crippen LogP contribution in [0.4, 0.5) is 4.39 Å². The Kier molecular flexibility index (Phi) is 7.41. The number of aromatic nitrogens is 3. The minimum absolute atomic E-state index is 0.157. The molecule has 0 spiro atoms. The van der Waals surface area contributed by atoms with Crippen LogP contribution in [-0.2, 0) is 23.7 Å². The number of alkyl halides is 1. The molecule has 5 rings (SSSR count). The van der Waals surface area contributed by atoms with Gasteiger partial charge in [0.1, 0.15) is 29.3 Å². The quantitative estimate of drug-likeness (QED) is 0.352. The molecule has 8 nitrogen and oxygen atoms in total. The number of rotatable bonds is 6. The molecule has 33 heavy (non-hydrogen) atoms. The molecule has 11 heteroatoms. The summed E-state index contributed by atoms with van der Waals surface area (Å²) in [6, 6.07) is 0.